The summed E-state index contributed by atoms with van der Waals surface area (Å²) in [5, 5.41) is 12.7. The van der Waals surface area contributed by atoms with Gasteiger partial charge in [0, 0.05) is 17.3 Å². The molecule has 0 aliphatic carbocycles. The van der Waals surface area contributed by atoms with Gasteiger partial charge < -0.3 is 15.0 Å². The molecule has 0 fully saturated rings. The van der Waals surface area contributed by atoms with Gasteiger partial charge in [-0.05, 0) is 60.4 Å². The molecule has 10 heteroatoms. The second-order valence-corrected chi connectivity index (χ2v) is 10.5. The van der Waals surface area contributed by atoms with Crippen LogP contribution in [0.3, 0.4) is 0 Å². The van der Waals surface area contributed by atoms with E-state index in [2.05, 4.69) is 21.6 Å². The number of methoxy groups -OCH3 is 1. The van der Waals surface area contributed by atoms with E-state index in [-0.39, 0.29) is 30.5 Å². The number of aryl methyl sites for hydroxylation is 1. The van der Waals surface area contributed by atoms with Crippen molar-refractivity contribution in [2.75, 3.05) is 24.3 Å². The lowest BCUT2D eigenvalue weighted by Crippen LogP contribution is -2.36. The Morgan fingerprint density at radius 1 is 1.05 bits per heavy atom. The van der Waals surface area contributed by atoms with Crippen molar-refractivity contribution < 1.29 is 14.3 Å². The largest absolute Gasteiger partial charge is 0.497 e. The van der Waals surface area contributed by atoms with E-state index in [1.54, 1.807) is 19.2 Å². The molecular formula is C29H28ClN5O3S. The number of halogens is 1. The van der Waals surface area contributed by atoms with Gasteiger partial charge in [0.1, 0.15) is 5.75 Å². The molecule has 0 unspecified atom stereocenters. The van der Waals surface area contributed by atoms with Crippen LogP contribution in [0.25, 0.3) is 5.69 Å². The smallest absolute Gasteiger partial charge is 0.237 e. The second-order valence-electron chi connectivity index (χ2n) is 9.08. The molecule has 1 aliphatic heterocycles. The Labute approximate surface area is 236 Å². The first-order chi connectivity index (χ1) is 19.0. The maximum Gasteiger partial charge on any atom is 0.237 e. The van der Waals surface area contributed by atoms with Gasteiger partial charge in [-0.25, -0.2) is 0 Å². The molecule has 0 saturated carbocycles. The first kappa shape index (κ1) is 26.8. The van der Waals surface area contributed by atoms with Crippen molar-refractivity contribution in [3.05, 3.63) is 94.8 Å². The van der Waals surface area contributed by atoms with Gasteiger partial charge in [-0.1, -0.05) is 59.8 Å². The lowest BCUT2D eigenvalue weighted by Gasteiger charge is -2.29. The quantitative estimate of drug-likeness (QED) is 0.294. The summed E-state index contributed by atoms with van der Waals surface area (Å²) in [4.78, 5) is 27.8. The molecule has 1 aliphatic rings. The van der Waals surface area contributed by atoms with Crippen LogP contribution in [0.2, 0.25) is 5.02 Å². The predicted molar refractivity (Wildman–Crippen MR) is 153 cm³/mol. The van der Waals surface area contributed by atoms with Crippen LogP contribution in [0.15, 0.2) is 78.0 Å². The standard InChI is InChI=1S/C29H28ClN5O3S/c1-38-24-13-11-20(12-14-24)16-27(36)31-18-26-32-33-29(35(26)23-9-4-8-22(30)17-23)39-19-28(37)34-15-5-7-21-6-2-3-10-25(21)34/h2-4,6,8-14,17H,5,7,15-16,18-19H2,1H3,(H,31,36). The van der Waals surface area contributed by atoms with Crippen molar-refractivity contribution in [1.82, 2.24) is 20.1 Å². The van der Waals surface area contributed by atoms with E-state index in [4.69, 9.17) is 16.3 Å². The highest BCUT2D eigenvalue weighted by Gasteiger charge is 2.24. The van der Waals surface area contributed by atoms with Gasteiger partial charge in [-0.2, -0.15) is 0 Å². The highest BCUT2D eigenvalue weighted by Crippen LogP contribution is 2.29. The minimum Gasteiger partial charge on any atom is -0.497 e. The van der Waals surface area contributed by atoms with Gasteiger partial charge in [0.05, 0.1) is 31.5 Å². The Morgan fingerprint density at radius 2 is 1.87 bits per heavy atom. The summed E-state index contributed by atoms with van der Waals surface area (Å²) in [7, 11) is 1.60. The molecule has 2 amide bonds. The van der Waals surface area contributed by atoms with Crippen molar-refractivity contribution in [1.29, 1.82) is 0 Å². The van der Waals surface area contributed by atoms with Crippen molar-refractivity contribution in [2.24, 2.45) is 0 Å². The number of anilines is 1. The number of hydrogen-bond donors (Lipinski definition) is 1. The number of benzene rings is 3. The van der Waals surface area contributed by atoms with E-state index >= 15 is 0 Å². The molecule has 200 valence electrons. The van der Waals surface area contributed by atoms with Crippen LogP contribution in [0.5, 0.6) is 5.75 Å². The van der Waals surface area contributed by atoms with E-state index in [1.165, 1.54) is 17.3 Å². The fraction of sp³-hybridized carbons (Fsp3) is 0.241. The molecular weight excluding hydrogens is 534 g/mol. The van der Waals surface area contributed by atoms with Crippen LogP contribution in [0, 0.1) is 0 Å². The summed E-state index contributed by atoms with van der Waals surface area (Å²) < 4.78 is 7.01. The Kier molecular flexibility index (Phi) is 8.48. The first-order valence-electron chi connectivity index (χ1n) is 12.6. The number of amides is 2. The van der Waals surface area contributed by atoms with Crippen LogP contribution in [0.1, 0.15) is 23.4 Å². The van der Waals surface area contributed by atoms with E-state index in [1.807, 2.05) is 64.1 Å². The predicted octanol–water partition coefficient (Wildman–Crippen LogP) is 4.86. The molecule has 1 aromatic heterocycles. The van der Waals surface area contributed by atoms with Gasteiger partial charge in [0.15, 0.2) is 11.0 Å². The third kappa shape index (κ3) is 6.43. The monoisotopic (exact) mass is 561 g/mol. The average Bonchev–Trinajstić information content (AvgIpc) is 3.37. The number of fused-ring (bicyclic) bond motifs is 1. The molecule has 0 atom stereocenters. The molecule has 39 heavy (non-hydrogen) atoms. The zero-order valence-electron chi connectivity index (χ0n) is 21.5. The molecule has 0 spiro atoms. The van der Waals surface area contributed by atoms with E-state index in [0.717, 1.165) is 35.5 Å². The molecule has 4 aromatic rings. The zero-order chi connectivity index (χ0) is 27.2. The molecule has 3 aromatic carbocycles. The molecule has 5 rings (SSSR count). The number of nitrogens with one attached hydrogen (secondary N) is 1. The maximum absolute atomic E-state index is 13.2. The van der Waals surface area contributed by atoms with Crippen molar-refractivity contribution in [3.63, 3.8) is 0 Å². The van der Waals surface area contributed by atoms with E-state index in [9.17, 15) is 9.59 Å². The molecule has 8 nitrogen and oxygen atoms in total. The Balaban J connectivity index is 1.30. The molecule has 0 bridgehead atoms. The lowest BCUT2D eigenvalue weighted by atomic mass is 10.0. The fourth-order valence-corrected chi connectivity index (χ4v) is 5.58. The lowest BCUT2D eigenvalue weighted by molar-refractivity contribution is -0.120. The maximum atomic E-state index is 13.2. The van der Waals surface area contributed by atoms with Crippen molar-refractivity contribution in [3.8, 4) is 11.4 Å². The summed E-state index contributed by atoms with van der Waals surface area (Å²) in [5.74, 6) is 1.35. The topological polar surface area (TPSA) is 89.3 Å². The number of para-hydroxylation sites is 1. The molecule has 1 N–H and O–H groups in total. The summed E-state index contributed by atoms with van der Waals surface area (Å²) in [6.45, 7) is 0.866. The number of ether oxygens (including phenoxy) is 1. The fourth-order valence-electron chi connectivity index (χ4n) is 4.55. The summed E-state index contributed by atoms with van der Waals surface area (Å²) in [5.41, 5.74) is 3.80. The number of carbonyl (C=O) groups is 2. The number of hydrogen-bond acceptors (Lipinski definition) is 6. The van der Waals surface area contributed by atoms with Crippen molar-refractivity contribution in [2.45, 2.75) is 31.0 Å². The average molecular weight is 562 g/mol. The second kappa shape index (κ2) is 12.4. The van der Waals surface area contributed by atoms with Gasteiger partial charge in [-0.3, -0.25) is 14.2 Å². The van der Waals surface area contributed by atoms with Gasteiger partial charge in [0.2, 0.25) is 11.8 Å². The van der Waals surface area contributed by atoms with Crippen molar-refractivity contribution >= 4 is 40.9 Å². The zero-order valence-corrected chi connectivity index (χ0v) is 23.0. The number of nitrogens with zero attached hydrogens (tertiary/aromatic N) is 4. The minimum atomic E-state index is -0.144. The van der Waals surface area contributed by atoms with Gasteiger partial charge in [0.25, 0.3) is 0 Å². The van der Waals surface area contributed by atoms with Crippen LogP contribution in [-0.4, -0.2) is 46.0 Å². The van der Waals surface area contributed by atoms with Crippen LogP contribution >= 0.6 is 23.4 Å². The highest BCUT2D eigenvalue weighted by atomic mass is 35.5. The normalized spacial score (nSPS) is 12.6. The highest BCUT2D eigenvalue weighted by molar-refractivity contribution is 7.99. The minimum absolute atomic E-state index is 0.0159. The first-order valence-corrected chi connectivity index (χ1v) is 14.0. The SMILES string of the molecule is COc1ccc(CC(=O)NCc2nnc(SCC(=O)N3CCCc4ccccc43)n2-c2cccc(Cl)c2)cc1. The van der Waals surface area contributed by atoms with Crippen LogP contribution in [0.4, 0.5) is 5.69 Å². The van der Waals surface area contributed by atoms with Crippen LogP contribution < -0.4 is 15.0 Å². The third-order valence-corrected chi connectivity index (χ3v) is 7.62. The third-order valence-electron chi connectivity index (χ3n) is 6.47. The number of aromatic nitrogens is 3. The summed E-state index contributed by atoms with van der Waals surface area (Å²) >= 11 is 7.60. The van der Waals surface area contributed by atoms with E-state index in [0.29, 0.717) is 22.5 Å². The van der Waals surface area contributed by atoms with Gasteiger partial charge >= 0.3 is 0 Å². The molecule has 0 radical (unpaired) electrons. The molecule has 0 saturated heterocycles. The Hall–Kier alpha value is -3.82. The number of carbonyl (C=O) groups excluding carboxylic acids is 2. The van der Waals surface area contributed by atoms with Gasteiger partial charge in [-0.15, -0.1) is 10.2 Å². The Morgan fingerprint density at radius 3 is 2.67 bits per heavy atom. The Bertz CT molecular complexity index is 1470. The van der Waals surface area contributed by atoms with Crippen LogP contribution in [-0.2, 0) is 29.0 Å². The van der Waals surface area contributed by atoms with E-state index < -0.39 is 0 Å². The number of rotatable bonds is 9. The molecule has 2 heterocycles. The summed E-state index contributed by atoms with van der Waals surface area (Å²) in [6.07, 6.45) is 2.14. The number of thioether (sulfide) groups is 1. The summed E-state index contributed by atoms with van der Waals surface area (Å²) in [6, 6.07) is 22.7.